The third kappa shape index (κ3) is 3.89. The van der Waals surface area contributed by atoms with E-state index in [1.807, 2.05) is 38.1 Å². The van der Waals surface area contributed by atoms with Gasteiger partial charge < -0.3 is 10.2 Å². The number of hydrogen-bond donors (Lipinski definition) is 1. The lowest BCUT2D eigenvalue weighted by molar-refractivity contribution is 0.102. The quantitative estimate of drug-likeness (QED) is 0.723. The summed E-state index contributed by atoms with van der Waals surface area (Å²) in [4.78, 5) is 23.8. The van der Waals surface area contributed by atoms with Gasteiger partial charge in [-0.1, -0.05) is 0 Å². The van der Waals surface area contributed by atoms with Crippen molar-refractivity contribution in [3.63, 3.8) is 0 Å². The predicted octanol–water partition coefficient (Wildman–Crippen LogP) is 4.48. The molecule has 140 valence electrons. The van der Waals surface area contributed by atoms with E-state index in [2.05, 4.69) is 34.0 Å². The van der Waals surface area contributed by atoms with Crippen molar-refractivity contribution in [2.75, 3.05) is 23.3 Å². The number of carbonyl (C=O) groups is 1. The van der Waals surface area contributed by atoms with Gasteiger partial charge in [0.2, 0.25) is 0 Å². The Morgan fingerprint density at radius 3 is 2.30 bits per heavy atom. The Morgan fingerprint density at radius 1 is 1.04 bits per heavy atom. The topological polar surface area (TPSA) is 58.1 Å². The van der Waals surface area contributed by atoms with Crippen LogP contribution >= 0.6 is 0 Å². The van der Waals surface area contributed by atoms with Crippen LogP contribution < -0.4 is 10.2 Å². The Labute approximate surface area is 158 Å². The summed E-state index contributed by atoms with van der Waals surface area (Å²) in [5.41, 5.74) is 4.11. The van der Waals surface area contributed by atoms with E-state index in [4.69, 9.17) is 0 Å². The lowest BCUT2D eigenvalue weighted by atomic mass is 10.1. The molecule has 1 aromatic heterocycles. The zero-order valence-corrected chi connectivity index (χ0v) is 16.0. The second-order valence-corrected chi connectivity index (χ2v) is 6.39. The number of nitrogens with zero attached hydrogens (tertiary/aromatic N) is 3. The molecule has 3 aromatic rings. The largest absolute Gasteiger partial charge is 0.372 e. The van der Waals surface area contributed by atoms with E-state index in [0.29, 0.717) is 28.1 Å². The number of aromatic nitrogens is 2. The summed E-state index contributed by atoms with van der Waals surface area (Å²) >= 11 is 0. The number of halogens is 1. The molecule has 0 aliphatic carbocycles. The standard InChI is InChI=1S/C21H23FN4O/c1-5-26(6-2)17-9-7-16(8-10-17)25-21(27)18-11-15(22)12-19-20(18)24-14(4)13(3)23-19/h7-12H,5-6H2,1-4H3,(H,25,27). The van der Waals surface area contributed by atoms with E-state index >= 15 is 0 Å². The van der Waals surface area contributed by atoms with Gasteiger partial charge in [0.05, 0.1) is 22.5 Å². The van der Waals surface area contributed by atoms with E-state index in [0.717, 1.165) is 18.8 Å². The molecule has 5 nitrogen and oxygen atoms in total. The normalized spacial score (nSPS) is 10.9. The molecule has 0 bridgehead atoms. The van der Waals surface area contributed by atoms with Crippen LogP contribution in [0.2, 0.25) is 0 Å². The van der Waals surface area contributed by atoms with Crippen molar-refractivity contribution in [1.29, 1.82) is 0 Å². The zero-order valence-electron chi connectivity index (χ0n) is 16.0. The van der Waals surface area contributed by atoms with Gasteiger partial charge in [-0.3, -0.25) is 4.79 Å². The van der Waals surface area contributed by atoms with Crippen molar-refractivity contribution in [3.05, 3.63) is 59.2 Å². The van der Waals surface area contributed by atoms with E-state index in [1.54, 1.807) is 0 Å². The molecule has 0 aliphatic heterocycles. The number of aryl methyl sites for hydroxylation is 2. The SMILES string of the molecule is CCN(CC)c1ccc(NC(=O)c2cc(F)cc3nc(C)c(C)nc23)cc1. The first-order valence-corrected chi connectivity index (χ1v) is 9.03. The molecule has 0 radical (unpaired) electrons. The van der Waals surface area contributed by atoms with E-state index in [-0.39, 0.29) is 5.56 Å². The highest BCUT2D eigenvalue weighted by atomic mass is 19.1. The van der Waals surface area contributed by atoms with Crippen LogP contribution in [0.4, 0.5) is 15.8 Å². The lowest BCUT2D eigenvalue weighted by Gasteiger charge is -2.21. The summed E-state index contributed by atoms with van der Waals surface area (Å²) in [6.45, 7) is 9.64. The Hall–Kier alpha value is -3.02. The van der Waals surface area contributed by atoms with Gasteiger partial charge in [-0.15, -0.1) is 0 Å². The average Bonchev–Trinajstić information content (AvgIpc) is 2.65. The number of rotatable bonds is 5. The maximum Gasteiger partial charge on any atom is 0.258 e. The molecule has 0 saturated heterocycles. The Balaban J connectivity index is 1.91. The second-order valence-electron chi connectivity index (χ2n) is 6.39. The average molecular weight is 366 g/mol. The molecular weight excluding hydrogens is 343 g/mol. The molecule has 2 aromatic carbocycles. The van der Waals surface area contributed by atoms with Gasteiger partial charge in [-0.2, -0.15) is 0 Å². The van der Waals surface area contributed by atoms with Crippen LogP contribution in [-0.4, -0.2) is 29.0 Å². The summed E-state index contributed by atoms with van der Waals surface area (Å²) in [7, 11) is 0. The number of amides is 1. The lowest BCUT2D eigenvalue weighted by Crippen LogP contribution is -2.21. The molecule has 0 spiro atoms. The smallest absolute Gasteiger partial charge is 0.258 e. The third-order valence-electron chi connectivity index (χ3n) is 4.64. The fourth-order valence-electron chi connectivity index (χ4n) is 3.01. The maximum absolute atomic E-state index is 14.0. The minimum Gasteiger partial charge on any atom is -0.372 e. The van der Waals surface area contributed by atoms with Gasteiger partial charge in [0, 0.05) is 30.5 Å². The first kappa shape index (κ1) is 18.8. The highest BCUT2D eigenvalue weighted by Gasteiger charge is 2.16. The molecule has 0 unspecified atom stereocenters. The second kappa shape index (κ2) is 7.70. The molecular formula is C21H23FN4O. The van der Waals surface area contributed by atoms with Crippen molar-refractivity contribution >= 4 is 28.3 Å². The van der Waals surface area contributed by atoms with Crippen LogP contribution in [-0.2, 0) is 0 Å². The van der Waals surface area contributed by atoms with E-state index < -0.39 is 11.7 Å². The van der Waals surface area contributed by atoms with Gasteiger partial charge in [0.1, 0.15) is 11.3 Å². The number of fused-ring (bicyclic) bond motifs is 1. The minimum atomic E-state index is -0.512. The van der Waals surface area contributed by atoms with Gasteiger partial charge >= 0.3 is 0 Å². The summed E-state index contributed by atoms with van der Waals surface area (Å²) in [5.74, 6) is -0.922. The van der Waals surface area contributed by atoms with Crippen molar-refractivity contribution in [3.8, 4) is 0 Å². The number of benzene rings is 2. The summed E-state index contributed by atoms with van der Waals surface area (Å²) in [6.07, 6.45) is 0. The van der Waals surface area contributed by atoms with Crippen molar-refractivity contribution in [1.82, 2.24) is 9.97 Å². The molecule has 0 fully saturated rings. The van der Waals surface area contributed by atoms with Crippen molar-refractivity contribution in [2.24, 2.45) is 0 Å². The highest BCUT2D eigenvalue weighted by molar-refractivity contribution is 6.11. The van der Waals surface area contributed by atoms with Crippen LogP contribution in [0, 0.1) is 19.7 Å². The number of nitrogens with one attached hydrogen (secondary N) is 1. The van der Waals surface area contributed by atoms with Crippen LogP contribution in [0.1, 0.15) is 35.6 Å². The fourth-order valence-corrected chi connectivity index (χ4v) is 3.01. The summed E-state index contributed by atoms with van der Waals surface area (Å²) < 4.78 is 14.0. The minimum absolute atomic E-state index is 0.174. The Morgan fingerprint density at radius 2 is 1.67 bits per heavy atom. The Kier molecular flexibility index (Phi) is 5.35. The molecule has 3 rings (SSSR count). The van der Waals surface area contributed by atoms with Gasteiger partial charge in [-0.25, -0.2) is 14.4 Å². The molecule has 0 aliphatic rings. The van der Waals surface area contributed by atoms with E-state index in [9.17, 15) is 9.18 Å². The highest BCUT2D eigenvalue weighted by Crippen LogP contribution is 2.22. The molecule has 1 heterocycles. The molecule has 6 heteroatoms. The number of carbonyl (C=O) groups excluding carboxylic acids is 1. The number of anilines is 2. The molecule has 1 N–H and O–H groups in total. The van der Waals surface area contributed by atoms with Gasteiger partial charge in [0.15, 0.2) is 0 Å². The monoisotopic (exact) mass is 366 g/mol. The first-order chi connectivity index (χ1) is 12.9. The van der Waals surface area contributed by atoms with Crippen molar-refractivity contribution < 1.29 is 9.18 Å². The molecule has 1 amide bonds. The molecule has 27 heavy (non-hydrogen) atoms. The molecule has 0 atom stereocenters. The number of hydrogen-bond acceptors (Lipinski definition) is 4. The Bertz CT molecular complexity index is 982. The van der Waals surface area contributed by atoms with Crippen LogP contribution in [0.25, 0.3) is 11.0 Å². The van der Waals surface area contributed by atoms with Crippen LogP contribution in [0.5, 0.6) is 0 Å². The fraction of sp³-hybridized carbons (Fsp3) is 0.286. The zero-order chi connectivity index (χ0) is 19.6. The van der Waals surface area contributed by atoms with Crippen molar-refractivity contribution in [2.45, 2.75) is 27.7 Å². The summed E-state index contributed by atoms with van der Waals surface area (Å²) in [6, 6.07) is 10.1. The van der Waals surface area contributed by atoms with Crippen LogP contribution in [0.3, 0.4) is 0 Å². The molecule has 0 saturated carbocycles. The van der Waals surface area contributed by atoms with Gasteiger partial charge in [0.25, 0.3) is 5.91 Å². The summed E-state index contributed by atoms with van der Waals surface area (Å²) in [5, 5.41) is 2.82. The maximum atomic E-state index is 14.0. The third-order valence-corrected chi connectivity index (χ3v) is 4.64. The first-order valence-electron chi connectivity index (χ1n) is 9.03. The van der Waals surface area contributed by atoms with Crippen LogP contribution in [0.15, 0.2) is 36.4 Å². The van der Waals surface area contributed by atoms with E-state index in [1.165, 1.54) is 12.1 Å². The predicted molar refractivity (Wildman–Crippen MR) is 107 cm³/mol. The van der Waals surface area contributed by atoms with Gasteiger partial charge in [-0.05, 0) is 58.0 Å².